The summed E-state index contributed by atoms with van der Waals surface area (Å²) in [5, 5.41) is 0.871. The van der Waals surface area contributed by atoms with Crippen LogP contribution in [0.4, 0.5) is 0 Å². The number of piperazine rings is 1. The molecule has 1 fully saturated rings. The van der Waals surface area contributed by atoms with Crippen molar-refractivity contribution < 1.29 is 9.59 Å². The number of hydrogen-bond donors (Lipinski definition) is 1. The minimum atomic E-state index is -0.114. The van der Waals surface area contributed by atoms with Gasteiger partial charge in [0.2, 0.25) is 5.91 Å². The number of nitrogens with two attached hydrogens (primary N) is 1. The van der Waals surface area contributed by atoms with E-state index < -0.39 is 0 Å². The average molecular weight is 358 g/mol. The second-order valence-electron chi connectivity index (χ2n) is 5.85. The van der Waals surface area contributed by atoms with Gasteiger partial charge in [0, 0.05) is 54.3 Å². The van der Waals surface area contributed by atoms with Crippen molar-refractivity contribution in [2.45, 2.75) is 25.8 Å². The Morgan fingerprint density at radius 1 is 1.09 bits per heavy atom. The van der Waals surface area contributed by atoms with E-state index in [1.54, 1.807) is 28.0 Å². The first-order chi connectivity index (χ1) is 10.9. The average Bonchev–Trinajstić information content (AvgIpc) is 2.51. The quantitative estimate of drug-likeness (QED) is 0.899. The fraction of sp³-hybridized carbons (Fsp3) is 0.500. The van der Waals surface area contributed by atoms with Crippen molar-refractivity contribution in [1.82, 2.24) is 9.80 Å². The summed E-state index contributed by atoms with van der Waals surface area (Å²) in [6.07, 6.45) is 1.13. The third kappa shape index (κ3) is 5.09. The highest BCUT2D eigenvalue weighted by Gasteiger charge is 2.25. The van der Waals surface area contributed by atoms with Crippen LogP contribution < -0.4 is 5.73 Å². The summed E-state index contributed by atoms with van der Waals surface area (Å²) in [6, 6.07) is 4.83. The van der Waals surface area contributed by atoms with Crippen LogP contribution in [-0.4, -0.2) is 53.8 Å². The zero-order chi connectivity index (χ0) is 17.0. The third-order valence-corrected chi connectivity index (χ3v) is 4.28. The Morgan fingerprint density at radius 2 is 1.61 bits per heavy atom. The van der Waals surface area contributed by atoms with E-state index in [2.05, 4.69) is 0 Å². The first kappa shape index (κ1) is 18.0. The summed E-state index contributed by atoms with van der Waals surface area (Å²) in [6.45, 7) is 3.98. The molecule has 0 aromatic heterocycles. The second kappa shape index (κ2) is 7.99. The molecule has 1 aliphatic heterocycles. The zero-order valence-corrected chi connectivity index (χ0v) is 14.6. The normalized spacial score (nSPS) is 16.3. The van der Waals surface area contributed by atoms with Crippen LogP contribution in [0.25, 0.3) is 0 Å². The number of rotatable bonds is 4. The Hall–Kier alpha value is -1.30. The van der Waals surface area contributed by atoms with Gasteiger partial charge in [-0.05, 0) is 31.5 Å². The van der Waals surface area contributed by atoms with E-state index in [9.17, 15) is 9.59 Å². The van der Waals surface area contributed by atoms with E-state index in [1.165, 1.54) is 0 Å². The van der Waals surface area contributed by atoms with Gasteiger partial charge in [0.25, 0.3) is 5.91 Å². The maximum absolute atomic E-state index is 12.5. The van der Waals surface area contributed by atoms with Gasteiger partial charge in [-0.2, -0.15) is 0 Å². The smallest absolute Gasteiger partial charge is 0.254 e. The van der Waals surface area contributed by atoms with E-state index in [-0.39, 0.29) is 17.9 Å². The van der Waals surface area contributed by atoms with Crippen LogP contribution in [0.1, 0.15) is 30.1 Å². The van der Waals surface area contributed by atoms with Gasteiger partial charge in [-0.25, -0.2) is 0 Å². The molecule has 1 aromatic rings. The number of carbonyl (C=O) groups excluding carboxylic acids is 2. The molecule has 1 atom stereocenters. The standard InChI is InChI=1S/C16H21Cl2N3O2/c1-11(19)2-3-15(22)20-4-6-21(7-5-20)16(23)12-8-13(17)10-14(18)9-12/h8-11H,2-7,19H2,1H3. The Balaban J connectivity index is 1.91. The Labute approximate surface area is 146 Å². The van der Waals surface area contributed by atoms with Crippen molar-refractivity contribution in [3.8, 4) is 0 Å². The lowest BCUT2D eigenvalue weighted by Crippen LogP contribution is -2.50. The molecule has 1 aromatic carbocycles. The molecule has 5 nitrogen and oxygen atoms in total. The molecule has 1 unspecified atom stereocenters. The van der Waals surface area contributed by atoms with Gasteiger partial charge < -0.3 is 15.5 Å². The molecular formula is C16H21Cl2N3O2. The van der Waals surface area contributed by atoms with Crippen molar-refractivity contribution in [1.29, 1.82) is 0 Å². The van der Waals surface area contributed by atoms with Crippen LogP contribution in [0.5, 0.6) is 0 Å². The van der Waals surface area contributed by atoms with Crippen LogP contribution in [0.2, 0.25) is 10.0 Å². The number of hydrogen-bond acceptors (Lipinski definition) is 3. The Morgan fingerprint density at radius 3 is 2.13 bits per heavy atom. The number of carbonyl (C=O) groups is 2. The van der Waals surface area contributed by atoms with Gasteiger partial charge in [-0.1, -0.05) is 23.2 Å². The summed E-state index contributed by atoms with van der Waals surface area (Å²) >= 11 is 11.9. The minimum absolute atomic E-state index is 0.0226. The first-order valence-corrected chi connectivity index (χ1v) is 8.41. The lowest BCUT2D eigenvalue weighted by atomic mass is 10.1. The zero-order valence-electron chi connectivity index (χ0n) is 13.1. The first-order valence-electron chi connectivity index (χ1n) is 7.65. The number of nitrogens with zero attached hydrogens (tertiary/aromatic N) is 2. The fourth-order valence-corrected chi connectivity index (χ4v) is 3.05. The Bertz CT molecular complexity index is 564. The molecule has 1 saturated heterocycles. The van der Waals surface area contributed by atoms with Gasteiger partial charge in [-0.15, -0.1) is 0 Å². The lowest BCUT2D eigenvalue weighted by Gasteiger charge is -2.35. The van der Waals surface area contributed by atoms with Crippen molar-refractivity contribution >= 4 is 35.0 Å². The molecule has 7 heteroatoms. The summed E-state index contributed by atoms with van der Waals surface area (Å²) < 4.78 is 0. The second-order valence-corrected chi connectivity index (χ2v) is 6.72. The lowest BCUT2D eigenvalue weighted by molar-refractivity contribution is -0.132. The number of amides is 2. The SMILES string of the molecule is CC(N)CCC(=O)N1CCN(C(=O)c2cc(Cl)cc(Cl)c2)CC1. The predicted molar refractivity (Wildman–Crippen MR) is 91.8 cm³/mol. The molecule has 0 aliphatic carbocycles. The molecule has 2 amide bonds. The van der Waals surface area contributed by atoms with Gasteiger partial charge in [-0.3, -0.25) is 9.59 Å². The highest BCUT2D eigenvalue weighted by Crippen LogP contribution is 2.20. The topological polar surface area (TPSA) is 66.6 Å². The predicted octanol–water partition coefficient (Wildman–Crippen LogP) is 2.41. The van der Waals surface area contributed by atoms with Crippen molar-refractivity contribution in [3.05, 3.63) is 33.8 Å². The monoisotopic (exact) mass is 357 g/mol. The summed E-state index contributed by atoms with van der Waals surface area (Å²) in [7, 11) is 0. The van der Waals surface area contributed by atoms with Crippen LogP contribution in [0, 0.1) is 0 Å². The maximum atomic E-state index is 12.5. The highest BCUT2D eigenvalue weighted by atomic mass is 35.5. The molecule has 0 bridgehead atoms. The van der Waals surface area contributed by atoms with Crippen molar-refractivity contribution in [2.24, 2.45) is 5.73 Å². The minimum Gasteiger partial charge on any atom is -0.339 e. The van der Waals surface area contributed by atoms with E-state index in [0.717, 1.165) is 0 Å². The molecule has 2 rings (SSSR count). The largest absolute Gasteiger partial charge is 0.339 e. The number of benzene rings is 1. The van der Waals surface area contributed by atoms with Crippen LogP contribution >= 0.6 is 23.2 Å². The fourth-order valence-electron chi connectivity index (χ4n) is 2.53. The molecule has 23 heavy (non-hydrogen) atoms. The van der Waals surface area contributed by atoms with Gasteiger partial charge in [0.1, 0.15) is 0 Å². The van der Waals surface area contributed by atoms with E-state index in [0.29, 0.717) is 54.6 Å². The van der Waals surface area contributed by atoms with Crippen LogP contribution in [0.15, 0.2) is 18.2 Å². The van der Waals surface area contributed by atoms with Crippen molar-refractivity contribution in [2.75, 3.05) is 26.2 Å². The van der Waals surface area contributed by atoms with E-state index in [4.69, 9.17) is 28.9 Å². The number of halogens is 2. The molecule has 0 saturated carbocycles. The van der Waals surface area contributed by atoms with Crippen LogP contribution in [-0.2, 0) is 4.79 Å². The Kier molecular flexibility index (Phi) is 6.27. The third-order valence-electron chi connectivity index (χ3n) is 3.84. The van der Waals surface area contributed by atoms with E-state index in [1.807, 2.05) is 6.92 Å². The molecular weight excluding hydrogens is 337 g/mol. The van der Waals surface area contributed by atoms with Crippen LogP contribution in [0.3, 0.4) is 0 Å². The molecule has 0 spiro atoms. The highest BCUT2D eigenvalue weighted by molar-refractivity contribution is 6.35. The summed E-state index contributed by atoms with van der Waals surface area (Å²) in [5.41, 5.74) is 6.15. The van der Waals surface area contributed by atoms with Gasteiger partial charge in [0.05, 0.1) is 0 Å². The maximum Gasteiger partial charge on any atom is 0.254 e. The summed E-state index contributed by atoms with van der Waals surface area (Å²) in [4.78, 5) is 28.1. The summed E-state index contributed by atoms with van der Waals surface area (Å²) in [5.74, 6) is -0.0164. The van der Waals surface area contributed by atoms with E-state index >= 15 is 0 Å². The molecule has 0 radical (unpaired) electrons. The molecule has 1 aliphatic rings. The van der Waals surface area contributed by atoms with Gasteiger partial charge >= 0.3 is 0 Å². The molecule has 2 N–H and O–H groups in total. The van der Waals surface area contributed by atoms with Crippen molar-refractivity contribution in [3.63, 3.8) is 0 Å². The molecule has 126 valence electrons. The van der Waals surface area contributed by atoms with Gasteiger partial charge in [0.15, 0.2) is 0 Å². The molecule has 1 heterocycles.